The molecule has 2 aliphatic rings. The van der Waals surface area contributed by atoms with Gasteiger partial charge in [-0.15, -0.1) is 0 Å². The molecule has 0 atom stereocenters. The van der Waals surface area contributed by atoms with Crippen LogP contribution in [0.3, 0.4) is 0 Å². The number of amides is 1. The van der Waals surface area contributed by atoms with Gasteiger partial charge in [0.25, 0.3) is 5.91 Å². The minimum absolute atomic E-state index is 0.0807. The number of aryl methyl sites for hydroxylation is 2. The molecule has 0 saturated carbocycles. The molecule has 3 aromatic carbocycles. The number of para-hydroxylation sites is 2. The number of carbonyl (C=O) groups excluding carboxylic acids is 1. The summed E-state index contributed by atoms with van der Waals surface area (Å²) in [6, 6.07) is 20.9. The van der Waals surface area contributed by atoms with Gasteiger partial charge in [0.05, 0.1) is 15.9 Å². The van der Waals surface area contributed by atoms with E-state index in [1.807, 2.05) is 65.2 Å². The number of hydrogen-bond acceptors (Lipinski definition) is 4. The van der Waals surface area contributed by atoms with Gasteiger partial charge in [-0.2, -0.15) is 4.31 Å². The van der Waals surface area contributed by atoms with Gasteiger partial charge in [0.1, 0.15) is 6.33 Å². The molecule has 6 rings (SSSR count). The Labute approximate surface area is 211 Å². The van der Waals surface area contributed by atoms with Crippen molar-refractivity contribution >= 4 is 27.0 Å². The number of sulfonamides is 1. The van der Waals surface area contributed by atoms with Gasteiger partial charge < -0.3 is 4.90 Å². The second kappa shape index (κ2) is 9.19. The van der Waals surface area contributed by atoms with Gasteiger partial charge in [0.2, 0.25) is 10.0 Å². The standard InChI is InChI=1S/C28H28N4O3S/c33-28(22-9-12-24(13-10-22)32-20-29-26-7-3-4-8-27(26)32)30-15-17-31(18-16-30)36(34,35)25-14-11-21-5-1-2-6-23(21)19-25/h3-4,7-14,19-20H,1-2,5-6,15-18H2. The molecule has 184 valence electrons. The Morgan fingerprint density at radius 2 is 1.53 bits per heavy atom. The van der Waals surface area contributed by atoms with Crippen molar-refractivity contribution in [1.29, 1.82) is 0 Å². The molecule has 1 saturated heterocycles. The fourth-order valence-electron chi connectivity index (χ4n) is 5.26. The van der Waals surface area contributed by atoms with E-state index in [1.54, 1.807) is 17.3 Å². The Hall–Kier alpha value is -3.49. The molecule has 0 unspecified atom stereocenters. The number of rotatable bonds is 4. The van der Waals surface area contributed by atoms with Crippen molar-refractivity contribution < 1.29 is 13.2 Å². The van der Waals surface area contributed by atoms with Crippen molar-refractivity contribution in [1.82, 2.24) is 18.8 Å². The van der Waals surface area contributed by atoms with Crippen LogP contribution in [-0.4, -0.2) is 59.3 Å². The fraction of sp³-hybridized carbons (Fsp3) is 0.286. The van der Waals surface area contributed by atoms with Crippen molar-refractivity contribution in [2.45, 2.75) is 30.6 Å². The van der Waals surface area contributed by atoms with Gasteiger partial charge in [-0.3, -0.25) is 9.36 Å². The summed E-state index contributed by atoms with van der Waals surface area (Å²) in [5.41, 5.74) is 5.87. The van der Waals surface area contributed by atoms with Crippen LogP contribution < -0.4 is 0 Å². The first-order valence-corrected chi connectivity index (χ1v) is 13.9. The van der Waals surface area contributed by atoms with Crippen LogP contribution in [0.5, 0.6) is 0 Å². The highest BCUT2D eigenvalue weighted by molar-refractivity contribution is 7.89. The SMILES string of the molecule is O=C(c1ccc(-n2cnc3ccccc32)cc1)N1CCN(S(=O)(=O)c2ccc3c(c2)CCCC3)CC1. The maximum Gasteiger partial charge on any atom is 0.253 e. The molecule has 1 aromatic heterocycles. The first kappa shape index (κ1) is 22.9. The molecule has 2 heterocycles. The van der Waals surface area contributed by atoms with Crippen LogP contribution in [0.1, 0.15) is 34.3 Å². The smallest absolute Gasteiger partial charge is 0.253 e. The zero-order valence-corrected chi connectivity index (χ0v) is 20.8. The van der Waals surface area contributed by atoms with Gasteiger partial charge in [-0.1, -0.05) is 18.2 Å². The number of imidazole rings is 1. The molecule has 7 nitrogen and oxygen atoms in total. The molecule has 1 aliphatic carbocycles. The normalized spacial score (nSPS) is 16.7. The monoisotopic (exact) mass is 500 g/mol. The number of nitrogens with zero attached hydrogens (tertiary/aromatic N) is 4. The average molecular weight is 501 g/mol. The van der Waals surface area contributed by atoms with Gasteiger partial charge in [0, 0.05) is 37.4 Å². The van der Waals surface area contributed by atoms with Crippen LogP contribution >= 0.6 is 0 Å². The number of aromatic nitrogens is 2. The zero-order valence-electron chi connectivity index (χ0n) is 20.0. The Morgan fingerprint density at radius 1 is 0.806 bits per heavy atom. The Bertz CT molecular complexity index is 1530. The Morgan fingerprint density at radius 3 is 2.31 bits per heavy atom. The van der Waals surface area contributed by atoms with Gasteiger partial charge in [-0.05, 0) is 85.3 Å². The average Bonchev–Trinajstić information content (AvgIpc) is 3.37. The highest BCUT2D eigenvalue weighted by Crippen LogP contribution is 2.26. The molecule has 0 N–H and O–H groups in total. The van der Waals surface area contributed by atoms with Crippen LogP contribution in [-0.2, 0) is 22.9 Å². The van der Waals surface area contributed by atoms with E-state index in [9.17, 15) is 13.2 Å². The summed E-state index contributed by atoms with van der Waals surface area (Å²) in [6.45, 7) is 1.34. The van der Waals surface area contributed by atoms with Crippen molar-refractivity contribution in [3.05, 3.63) is 89.7 Å². The molecular weight excluding hydrogens is 472 g/mol. The zero-order chi connectivity index (χ0) is 24.7. The molecule has 8 heteroatoms. The van der Waals surface area contributed by atoms with Crippen molar-refractivity contribution in [2.75, 3.05) is 26.2 Å². The van der Waals surface area contributed by atoms with Crippen molar-refractivity contribution in [3.8, 4) is 5.69 Å². The first-order chi connectivity index (χ1) is 17.5. The van der Waals surface area contributed by atoms with E-state index in [4.69, 9.17) is 0 Å². The lowest BCUT2D eigenvalue weighted by atomic mass is 9.92. The van der Waals surface area contributed by atoms with E-state index in [0.29, 0.717) is 36.6 Å². The molecule has 36 heavy (non-hydrogen) atoms. The lowest BCUT2D eigenvalue weighted by molar-refractivity contribution is 0.0698. The lowest BCUT2D eigenvalue weighted by Gasteiger charge is -2.34. The van der Waals surface area contributed by atoms with Crippen LogP contribution in [0.4, 0.5) is 0 Å². The molecule has 4 aromatic rings. The van der Waals surface area contributed by atoms with Crippen molar-refractivity contribution in [2.24, 2.45) is 0 Å². The Kier molecular flexibility index (Phi) is 5.85. The third-order valence-electron chi connectivity index (χ3n) is 7.33. The minimum atomic E-state index is -3.57. The highest BCUT2D eigenvalue weighted by Gasteiger charge is 2.31. The van der Waals surface area contributed by atoms with Crippen LogP contribution in [0.15, 0.2) is 78.0 Å². The van der Waals surface area contributed by atoms with Crippen LogP contribution in [0, 0.1) is 0 Å². The number of benzene rings is 3. The maximum absolute atomic E-state index is 13.3. The van der Waals surface area contributed by atoms with Crippen molar-refractivity contribution in [3.63, 3.8) is 0 Å². The van der Waals surface area contributed by atoms with Gasteiger partial charge >= 0.3 is 0 Å². The third-order valence-corrected chi connectivity index (χ3v) is 9.22. The molecule has 0 spiro atoms. The molecule has 0 radical (unpaired) electrons. The highest BCUT2D eigenvalue weighted by atomic mass is 32.2. The Balaban J connectivity index is 1.13. The molecule has 0 bridgehead atoms. The third kappa shape index (κ3) is 4.10. The quantitative estimate of drug-likeness (QED) is 0.424. The summed E-state index contributed by atoms with van der Waals surface area (Å²) >= 11 is 0. The summed E-state index contributed by atoms with van der Waals surface area (Å²) in [6.07, 6.45) is 6.02. The number of piperazine rings is 1. The van der Waals surface area contributed by atoms with E-state index in [-0.39, 0.29) is 5.91 Å². The summed E-state index contributed by atoms with van der Waals surface area (Å²) in [5.74, 6) is -0.0807. The second-order valence-corrected chi connectivity index (χ2v) is 11.4. The largest absolute Gasteiger partial charge is 0.336 e. The molecule has 1 fully saturated rings. The predicted molar refractivity (Wildman–Crippen MR) is 139 cm³/mol. The van der Waals surface area contributed by atoms with E-state index in [2.05, 4.69) is 4.98 Å². The second-order valence-electron chi connectivity index (χ2n) is 9.48. The number of carbonyl (C=O) groups is 1. The van der Waals surface area contributed by atoms with E-state index in [1.165, 1.54) is 9.87 Å². The summed E-state index contributed by atoms with van der Waals surface area (Å²) in [5, 5.41) is 0. The minimum Gasteiger partial charge on any atom is -0.336 e. The number of fused-ring (bicyclic) bond motifs is 2. The first-order valence-electron chi connectivity index (χ1n) is 12.4. The fourth-order valence-corrected chi connectivity index (χ4v) is 6.74. The molecular formula is C28H28N4O3S. The van der Waals surface area contributed by atoms with Crippen LogP contribution in [0.25, 0.3) is 16.7 Å². The molecule has 1 amide bonds. The maximum atomic E-state index is 13.3. The van der Waals surface area contributed by atoms with E-state index < -0.39 is 10.0 Å². The van der Waals surface area contributed by atoms with Gasteiger partial charge in [0.15, 0.2) is 0 Å². The lowest BCUT2D eigenvalue weighted by Crippen LogP contribution is -2.50. The van der Waals surface area contributed by atoms with Crippen LogP contribution in [0.2, 0.25) is 0 Å². The summed E-state index contributed by atoms with van der Waals surface area (Å²) in [4.78, 5) is 19.7. The molecule has 1 aliphatic heterocycles. The predicted octanol–water partition coefficient (Wildman–Crippen LogP) is 4.05. The topological polar surface area (TPSA) is 75.5 Å². The summed E-state index contributed by atoms with van der Waals surface area (Å²) in [7, 11) is -3.57. The van der Waals surface area contributed by atoms with E-state index in [0.717, 1.165) is 48.0 Å². The number of hydrogen-bond donors (Lipinski definition) is 0. The summed E-state index contributed by atoms with van der Waals surface area (Å²) < 4.78 is 30.1. The van der Waals surface area contributed by atoms with Gasteiger partial charge in [-0.25, -0.2) is 13.4 Å². The van der Waals surface area contributed by atoms with E-state index >= 15 is 0 Å².